The van der Waals surface area contributed by atoms with Crippen molar-refractivity contribution in [2.24, 2.45) is 0 Å². The van der Waals surface area contributed by atoms with E-state index in [1.165, 1.54) is 0 Å². The van der Waals surface area contributed by atoms with Crippen LogP contribution in [0.4, 0.5) is 4.79 Å². The van der Waals surface area contributed by atoms with Gasteiger partial charge in [0.05, 0.1) is 18.7 Å². The van der Waals surface area contributed by atoms with Gasteiger partial charge in [0.15, 0.2) is 11.5 Å². The molecular weight excluding hydrogens is 330 g/mol. The summed E-state index contributed by atoms with van der Waals surface area (Å²) in [7, 11) is 1.61. The Bertz CT molecular complexity index is 963. The van der Waals surface area contributed by atoms with Gasteiger partial charge in [-0.05, 0) is 58.2 Å². The molecule has 3 aromatic rings. The molecule has 0 saturated carbocycles. The maximum atomic E-state index is 12.6. The van der Waals surface area contributed by atoms with E-state index < -0.39 is 11.7 Å². The fraction of sp³-hybridized carbons (Fsp3) is 0.381. The SMILES string of the molecule is COc1cc2c(ccc3ccn(C(=O)OC(C)(C)C)c32)cc1OC(C)C. The number of rotatable bonds is 3. The fourth-order valence-electron chi connectivity index (χ4n) is 2.93. The quantitative estimate of drug-likeness (QED) is 0.633. The minimum atomic E-state index is -0.561. The first-order valence-corrected chi connectivity index (χ1v) is 8.71. The van der Waals surface area contributed by atoms with Gasteiger partial charge < -0.3 is 14.2 Å². The van der Waals surface area contributed by atoms with Crippen LogP contribution in [0.2, 0.25) is 0 Å². The summed E-state index contributed by atoms with van der Waals surface area (Å²) < 4.78 is 18.5. The summed E-state index contributed by atoms with van der Waals surface area (Å²) in [6.07, 6.45) is 1.38. The maximum Gasteiger partial charge on any atom is 0.419 e. The Morgan fingerprint density at radius 2 is 1.73 bits per heavy atom. The number of nitrogens with zero attached hydrogens (tertiary/aromatic N) is 1. The molecule has 0 bridgehead atoms. The fourth-order valence-corrected chi connectivity index (χ4v) is 2.93. The summed E-state index contributed by atoms with van der Waals surface area (Å²) >= 11 is 0. The predicted molar refractivity (Wildman–Crippen MR) is 103 cm³/mol. The van der Waals surface area contributed by atoms with Crippen molar-refractivity contribution in [1.29, 1.82) is 0 Å². The molecule has 0 amide bonds. The zero-order valence-electron chi connectivity index (χ0n) is 16.1. The highest BCUT2D eigenvalue weighted by molar-refractivity contribution is 6.09. The average molecular weight is 355 g/mol. The zero-order chi connectivity index (χ0) is 19.1. The molecule has 138 valence electrons. The van der Waals surface area contributed by atoms with Crippen LogP contribution in [0.15, 0.2) is 36.5 Å². The first-order valence-electron chi connectivity index (χ1n) is 8.71. The van der Waals surface area contributed by atoms with Gasteiger partial charge in [-0.2, -0.15) is 0 Å². The monoisotopic (exact) mass is 355 g/mol. The van der Waals surface area contributed by atoms with E-state index in [0.717, 1.165) is 21.7 Å². The van der Waals surface area contributed by atoms with Crippen molar-refractivity contribution < 1.29 is 19.0 Å². The van der Waals surface area contributed by atoms with Gasteiger partial charge in [0, 0.05) is 17.0 Å². The Labute approximate surface area is 153 Å². The molecule has 0 N–H and O–H groups in total. The normalized spacial score (nSPS) is 12.0. The summed E-state index contributed by atoms with van der Waals surface area (Å²) in [6, 6.07) is 9.77. The first-order chi connectivity index (χ1) is 12.2. The smallest absolute Gasteiger partial charge is 0.419 e. The highest BCUT2D eigenvalue weighted by Gasteiger charge is 2.20. The van der Waals surface area contributed by atoms with Crippen LogP contribution in [0, 0.1) is 0 Å². The van der Waals surface area contributed by atoms with E-state index in [2.05, 4.69) is 0 Å². The standard InChI is InChI=1S/C21H25NO4/c1-13(2)25-18-11-15-8-7-14-9-10-22(20(23)26-21(3,4)5)19(14)16(15)12-17(18)24-6/h7-13H,1-6H3. The summed E-state index contributed by atoms with van der Waals surface area (Å²) in [5, 5.41) is 2.84. The van der Waals surface area contributed by atoms with Gasteiger partial charge in [-0.15, -0.1) is 0 Å². The van der Waals surface area contributed by atoms with Crippen LogP contribution in [-0.2, 0) is 4.74 Å². The lowest BCUT2D eigenvalue weighted by Crippen LogP contribution is -2.26. The highest BCUT2D eigenvalue weighted by Crippen LogP contribution is 2.36. The van der Waals surface area contributed by atoms with Crippen LogP contribution in [0.3, 0.4) is 0 Å². The molecule has 1 heterocycles. The Kier molecular flexibility index (Phi) is 4.57. The second-order valence-corrected chi connectivity index (χ2v) is 7.56. The van der Waals surface area contributed by atoms with Gasteiger partial charge in [0.25, 0.3) is 0 Å². The van der Waals surface area contributed by atoms with E-state index in [-0.39, 0.29) is 6.10 Å². The van der Waals surface area contributed by atoms with E-state index >= 15 is 0 Å². The number of carbonyl (C=O) groups excluding carboxylic acids is 1. The molecule has 0 saturated heterocycles. The molecule has 0 radical (unpaired) electrons. The number of fused-ring (bicyclic) bond motifs is 3. The van der Waals surface area contributed by atoms with Crippen LogP contribution in [-0.4, -0.2) is 29.5 Å². The van der Waals surface area contributed by atoms with Crippen molar-refractivity contribution >= 4 is 27.8 Å². The molecule has 0 unspecified atom stereocenters. The van der Waals surface area contributed by atoms with Crippen molar-refractivity contribution in [2.45, 2.75) is 46.3 Å². The lowest BCUT2D eigenvalue weighted by atomic mass is 10.1. The van der Waals surface area contributed by atoms with Crippen LogP contribution in [0.1, 0.15) is 34.6 Å². The summed E-state index contributed by atoms with van der Waals surface area (Å²) in [6.45, 7) is 9.51. The van der Waals surface area contributed by atoms with E-state index in [0.29, 0.717) is 11.5 Å². The number of benzene rings is 2. The van der Waals surface area contributed by atoms with Crippen LogP contribution in [0.25, 0.3) is 21.7 Å². The summed E-state index contributed by atoms with van der Waals surface area (Å²) in [4.78, 5) is 12.6. The molecule has 5 heteroatoms. The average Bonchev–Trinajstić information content (AvgIpc) is 2.96. The van der Waals surface area contributed by atoms with E-state index in [1.807, 2.05) is 65.0 Å². The minimum Gasteiger partial charge on any atom is -0.493 e. The Morgan fingerprint density at radius 3 is 2.35 bits per heavy atom. The van der Waals surface area contributed by atoms with Gasteiger partial charge in [-0.3, -0.25) is 4.57 Å². The molecule has 26 heavy (non-hydrogen) atoms. The molecule has 5 nitrogen and oxygen atoms in total. The van der Waals surface area contributed by atoms with Gasteiger partial charge in [0.1, 0.15) is 5.60 Å². The van der Waals surface area contributed by atoms with Crippen molar-refractivity contribution in [1.82, 2.24) is 4.57 Å². The van der Waals surface area contributed by atoms with Crippen molar-refractivity contribution in [3.05, 3.63) is 36.5 Å². The third-order valence-corrected chi connectivity index (χ3v) is 3.90. The second kappa shape index (κ2) is 6.56. The third-order valence-electron chi connectivity index (χ3n) is 3.90. The van der Waals surface area contributed by atoms with E-state index in [4.69, 9.17) is 14.2 Å². The zero-order valence-corrected chi connectivity index (χ0v) is 16.1. The molecule has 3 rings (SSSR count). The van der Waals surface area contributed by atoms with Gasteiger partial charge in [0.2, 0.25) is 0 Å². The van der Waals surface area contributed by atoms with Crippen molar-refractivity contribution in [3.63, 3.8) is 0 Å². The molecule has 0 aliphatic rings. The molecule has 0 aliphatic carbocycles. The topological polar surface area (TPSA) is 49.7 Å². The van der Waals surface area contributed by atoms with Crippen LogP contribution < -0.4 is 9.47 Å². The molecule has 0 atom stereocenters. The lowest BCUT2D eigenvalue weighted by molar-refractivity contribution is 0.0545. The van der Waals surface area contributed by atoms with Crippen molar-refractivity contribution in [3.8, 4) is 11.5 Å². The molecule has 1 aromatic heterocycles. The van der Waals surface area contributed by atoms with Gasteiger partial charge in [-0.25, -0.2) is 4.79 Å². The Hall–Kier alpha value is -2.69. The van der Waals surface area contributed by atoms with Crippen LogP contribution >= 0.6 is 0 Å². The molecular formula is C21H25NO4. The highest BCUT2D eigenvalue weighted by atomic mass is 16.6. The largest absolute Gasteiger partial charge is 0.493 e. The van der Waals surface area contributed by atoms with E-state index in [1.54, 1.807) is 17.9 Å². The molecule has 0 aliphatic heterocycles. The number of carbonyl (C=O) groups is 1. The first kappa shape index (κ1) is 18.1. The molecule has 0 spiro atoms. The lowest BCUT2D eigenvalue weighted by Gasteiger charge is -2.20. The molecule has 2 aromatic carbocycles. The summed E-state index contributed by atoms with van der Waals surface area (Å²) in [5.41, 5.74) is 0.236. The number of ether oxygens (including phenoxy) is 3. The van der Waals surface area contributed by atoms with E-state index in [9.17, 15) is 4.79 Å². The maximum absolute atomic E-state index is 12.6. The molecule has 0 fully saturated rings. The minimum absolute atomic E-state index is 0.0377. The third kappa shape index (κ3) is 3.47. The van der Waals surface area contributed by atoms with Gasteiger partial charge >= 0.3 is 6.09 Å². The van der Waals surface area contributed by atoms with Crippen LogP contribution in [0.5, 0.6) is 11.5 Å². The number of methoxy groups -OCH3 is 1. The van der Waals surface area contributed by atoms with Crippen molar-refractivity contribution in [2.75, 3.05) is 7.11 Å². The summed E-state index contributed by atoms with van der Waals surface area (Å²) in [5.74, 6) is 1.32. The Morgan fingerprint density at radius 1 is 1.04 bits per heavy atom. The predicted octanol–water partition coefficient (Wildman–Crippen LogP) is 5.37. The van der Waals surface area contributed by atoms with Gasteiger partial charge in [-0.1, -0.05) is 12.1 Å². The number of hydrogen-bond donors (Lipinski definition) is 0. The second-order valence-electron chi connectivity index (χ2n) is 7.56. The number of aromatic nitrogens is 1. The Balaban J connectivity index is 2.21. The number of hydrogen-bond acceptors (Lipinski definition) is 4.